The predicted octanol–water partition coefficient (Wildman–Crippen LogP) is 3.31. The number of nitrogens with zero attached hydrogens (tertiary/aromatic N) is 5. The Morgan fingerprint density at radius 3 is 2.71 bits per heavy atom. The molecule has 0 saturated carbocycles. The summed E-state index contributed by atoms with van der Waals surface area (Å²) in [6.07, 6.45) is 2.68. The molecule has 11 heteroatoms. The van der Waals surface area contributed by atoms with E-state index in [1.54, 1.807) is 33.7 Å². The molecule has 1 aliphatic heterocycles. The van der Waals surface area contributed by atoms with E-state index < -0.39 is 0 Å². The number of hydrogen-bond acceptors (Lipinski definition) is 8. The van der Waals surface area contributed by atoms with E-state index in [2.05, 4.69) is 20.4 Å². The number of anilines is 1. The quantitative estimate of drug-likeness (QED) is 0.436. The Labute approximate surface area is 199 Å². The average Bonchev–Trinajstić information content (AvgIpc) is 3.46. The van der Waals surface area contributed by atoms with Crippen molar-refractivity contribution in [1.29, 1.82) is 0 Å². The summed E-state index contributed by atoms with van der Waals surface area (Å²) < 4.78 is 11.7. The van der Waals surface area contributed by atoms with E-state index in [-0.39, 0.29) is 23.7 Å². The Morgan fingerprint density at radius 2 is 1.97 bits per heavy atom. The van der Waals surface area contributed by atoms with Crippen LogP contribution in [0.4, 0.5) is 10.5 Å². The molecule has 0 unspecified atom stereocenters. The minimum absolute atomic E-state index is 0.0463. The Bertz CT molecular complexity index is 1470. The highest BCUT2D eigenvalue weighted by molar-refractivity contribution is 6.04. The summed E-state index contributed by atoms with van der Waals surface area (Å²) in [5, 5.41) is 6.98. The molecule has 0 bridgehead atoms. The lowest BCUT2D eigenvalue weighted by molar-refractivity contribution is 0.0804. The maximum Gasteiger partial charge on any atom is 0.409 e. The predicted molar refractivity (Wildman–Crippen MR) is 124 cm³/mol. The van der Waals surface area contributed by atoms with Crippen LogP contribution < -0.4 is 5.32 Å². The number of methoxy groups -OCH3 is 1. The van der Waals surface area contributed by atoms with E-state index in [0.717, 1.165) is 5.56 Å². The number of rotatable bonds is 5. The summed E-state index contributed by atoms with van der Waals surface area (Å²) in [5.41, 5.74) is 3.44. The largest absolute Gasteiger partial charge is 0.453 e. The molecule has 178 valence electrons. The number of carbonyl (C=O) groups excluding carboxylic acids is 3. The fourth-order valence-electron chi connectivity index (χ4n) is 3.87. The molecule has 1 saturated heterocycles. The number of likely N-dealkylation sites (tertiary alicyclic amines) is 1. The van der Waals surface area contributed by atoms with Crippen LogP contribution in [0.2, 0.25) is 0 Å². The number of aryl methyl sites for hydroxylation is 1. The second-order valence-electron chi connectivity index (χ2n) is 8.36. The number of nitrogens with one attached hydrogen (secondary N) is 1. The van der Waals surface area contributed by atoms with Crippen molar-refractivity contribution in [3.63, 3.8) is 0 Å². The van der Waals surface area contributed by atoms with Gasteiger partial charge in [0.2, 0.25) is 11.7 Å². The third-order valence-corrected chi connectivity index (χ3v) is 5.99. The molecule has 0 aliphatic carbocycles. The SMILES string of the molecule is COC(=O)N1CC(c2nc(-c3ccc(C)c(NC(=O)c4cnc5ccc(C(C)=O)cn45)c3)no2)C1. The second-order valence-corrected chi connectivity index (χ2v) is 8.36. The van der Waals surface area contributed by atoms with Gasteiger partial charge in [-0.15, -0.1) is 0 Å². The zero-order valence-electron chi connectivity index (χ0n) is 19.3. The summed E-state index contributed by atoms with van der Waals surface area (Å²) in [4.78, 5) is 46.6. The molecule has 0 spiro atoms. The van der Waals surface area contributed by atoms with E-state index in [1.807, 2.05) is 19.1 Å². The van der Waals surface area contributed by atoms with Gasteiger partial charge in [0, 0.05) is 36.1 Å². The van der Waals surface area contributed by atoms with Crippen molar-refractivity contribution in [2.24, 2.45) is 0 Å². The van der Waals surface area contributed by atoms with E-state index in [1.165, 1.54) is 20.2 Å². The van der Waals surface area contributed by atoms with Crippen LogP contribution in [0, 0.1) is 6.92 Å². The van der Waals surface area contributed by atoms with Gasteiger partial charge in [0.05, 0.1) is 19.2 Å². The number of Topliss-reactive ketones (excluding diaryl/α,β-unsaturated/α-hetero) is 1. The minimum atomic E-state index is -0.386. The molecular formula is C24H22N6O5. The fraction of sp³-hybridized carbons (Fsp3) is 0.250. The molecule has 3 aromatic heterocycles. The van der Waals surface area contributed by atoms with Gasteiger partial charge >= 0.3 is 6.09 Å². The molecule has 1 aromatic carbocycles. The number of ketones is 1. The van der Waals surface area contributed by atoms with Gasteiger partial charge in [-0.25, -0.2) is 9.78 Å². The molecule has 4 heterocycles. The third-order valence-electron chi connectivity index (χ3n) is 5.99. The number of hydrogen-bond donors (Lipinski definition) is 1. The lowest BCUT2D eigenvalue weighted by Gasteiger charge is -2.35. The molecule has 11 nitrogen and oxygen atoms in total. The zero-order chi connectivity index (χ0) is 24.7. The summed E-state index contributed by atoms with van der Waals surface area (Å²) >= 11 is 0. The second kappa shape index (κ2) is 8.67. The van der Waals surface area contributed by atoms with Crippen molar-refractivity contribution in [2.75, 3.05) is 25.5 Å². The number of amides is 2. The van der Waals surface area contributed by atoms with Crippen LogP contribution >= 0.6 is 0 Å². The molecule has 35 heavy (non-hydrogen) atoms. The molecule has 1 aliphatic rings. The van der Waals surface area contributed by atoms with Gasteiger partial charge in [0.1, 0.15) is 11.3 Å². The number of aromatic nitrogens is 4. The summed E-state index contributed by atoms with van der Waals surface area (Å²) in [6, 6.07) is 8.84. The topological polar surface area (TPSA) is 132 Å². The smallest absolute Gasteiger partial charge is 0.409 e. The normalized spacial score (nSPS) is 13.5. The van der Waals surface area contributed by atoms with Gasteiger partial charge in [-0.3, -0.25) is 14.0 Å². The van der Waals surface area contributed by atoms with Crippen LogP contribution in [0.3, 0.4) is 0 Å². The molecule has 0 radical (unpaired) electrons. The van der Waals surface area contributed by atoms with Crippen LogP contribution in [-0.2, 0) is 4.74 Å². The number of pyridine rings is 1. The third kappa shape index (κ3) is 4.12. The molecular weight excluding hydrogens is 452 g/mol. The molecule has 0 atom stereocenters. The summed E-state index contributed by atoms with van der Waals surface area (Å²) in [6.45, 7) is 4.25. The van der Waals surface area contributed by atoms with Crippen molar-refractivity contribution in [3.8, 4) is 11.4 Å². The summed E-state index contributed by atoms with van der Waals surface area (Å²) in [7, 11) is 1.34. The number of imidazole rings is 1. The lowest BCUT2D eigenvalue weighted by Crippen LogP contribution is -2.48. The van der Waals surface area contributed by atoms with Crippen LogP contribution in [-0.4, -0.2) is 62.4 Å². The van der Waals surface area contributed by atoms with Gasteiger partial charge in [-0.1, -0.05) is 17.3 Å². The molecule has 1 fully saturated rings. The van der Waals surface area contributed by atoms with Gasteiger partial charge < -0.3 is 19.5 Å². The monoisotopic (exact) mass is 474 g/mol. The molecule has 4 aromatic rings. The summed E-state index contributed by atoms with van der Waals surface area (Å²) in [5.74, 6) is 0.306. The minimum Gasteiger partial charge on any atom is -0.453 e. The van der Waals surface area contributed by atoms with Gasteiger partial charge in [-0.2, -0.15) is 4.98 Å². The van der Waals surface area contributed by atoms with E-state index >= 15 is 0 Å². The van der Waals surface area contributed by atoms with E-state index in [4.69, 9.17) is 9.26 Å². The van der Waals surface area contributed by atoms with Crippen molar-refractivity contribution in [3.05, 3.63) is 65.4 Å². The van der Waals surface area contributed by atoms with Crippen molar-refractivity contribution in [2.45, 2.75) is 19.8 Å². The first-order valence-corrected chi connectivity index (χ1v) is 10.9. The highest BCUT2D eigenvalue weighted by Crippen LogP contribution is 2.29. The van der Waals surface area contributed by atoms with Crippen molar-refractivity contribution in [1.82, 2.24) is 24.4 Å². The van der Waals surface area contributed by atoms with Crippen LogP contribution in [0.15, 0.2) is 47.2 Å². The highest BCUT2D eigenvalue weighted by Gasteiger charge is 2.36. The zero-order valence-corrected chi connectivity index (χ0v) is 19.3. The maximum absolute atomic E-state index is 13.1. The van der Waals surface area contributed by atoms with Crippen molar-refractivity contribution < 1.29 is 23.6 Å². The Kier molecular flexibility index (Phi) is 5.51. The molecule has 5 rings (SSSR count). The maximum atomic E-state index is 13.1. The van der Waals surface area contributed by atoms with E-state index in [0.29, 0.717) is 53.0 Å². The lowest BCUT2D eigenvalue weighted by atomic mass is 10.0. The van der Waals surface area contributed by atoms with Gasteiger partial charge in [0.15, 0.2) is 5.78 Å². The van der Waals surface area contributed by atoms with Crippen LogP contribution in [0.1, 0.15) is 45.1 Å². The Balaban J connectivity index is 1.35. The average molecular weight is 474 g/mol. The molecule has 1 N–H and O–H groups in total. The number of benzene rings is 1. The number of fused-ring (bicyclic) bond motifs is 1. The highest BCUT2D eigenvalue weighted by atomic mass is 16.5. The Hall–Kier alpha value is -4.54. The number of ether oxygens (including phenoxy) is 1. The van der Waals surface area contributed by atoms with Crippen molar-refractivity contribution >= 4 is 29.1 Å². The van der Waals surface area contributed by atoms with Crippen LogP contribution in [0.25, 0.3) is 17.0 Å². The Morgan fingerprint density at radius 1 is 1.17 bits per heavy atom. The fourth-order valence-corrected chi connectivity index (χ4v) is 3.87. The van der Waals surface area contributed by atoms with Gasteiger partial charge in [0.25, 0.3) is 5.91 Å². The van der Waals surface area contributed by atoms with E-state index in [9.17, 15) is 14.4 Å². The first-order valence-electron chi connectivity index (χ1n) is 10.9. The van der Waals surface area contributed by atoms with Gasteiger partial charge in [-0.05, 0) is 37.6 Å². The standard InChI is InChI=1S/C24H22N6O5/c1-13-4-5-15(21-27-23(35-28-21)17-10-29(11-17)24(33)34-3)8-18(13)26-22(32)19-9-25-20-7-6-16(14(2)31)12-30(19)20/h4-9,12,17H,10-11H2,1-3H3,(H,26,32). The molecule has 2 amide bonds. The first-order chi connectivity index (χ1) is 16.8. The number of carbonyl (C=O) groups is 3. The van der Waals surface area contributed by atoms with Crippen LogP contribution in [0.5, 0.6) is 0 Å². The first kappa shape index (κ1) is 22.3.